The molecular weight excluding hydrogens is 88.1 g/mol. The fourth-order valence-electron chi connectivity index (χ4n) is 0.258. The van der Waals surface area contributed by atoms with Gasteiger partial charge < -0.3 is 4.98 Å². The molecule has 0 aliphatic carbocycles. The van der Waals surface area contributed by atoms with Crippen LogP contribution in [0.25, 0.3) is 0 Å². The molecule has 0 bridgehead atoms. The average molecular weight is 103 g/mol. The van der Waals surface area contributed by atoms with Gasteiger partial charge in [-0.15, -0.1) is 0 Å². The van der Waals surface area contributed by atoms with Crippen LogP contribution in [0.3, 0.4) is 0 Å². The standard InChI is InChI=1S/C5H8N2/c1-2-5-6-3-4-7-5/h3-4H,2H2,1H3,(H,6,7)/i1D3,2D2,3D,4D. The zero-order chi connectivity index (χ0) is 11.1. The van der Waals surface area contributed by atoms with Crippen molar-refractivity contribution in [1.29, 1.82) is 0 Å². The molecule has 38 valence electrons. The molecule has 0 fully saturated rings. The molecule has 2 nitrogen and oxygen atoms in total. The lowest BCUT2D eigenvalue weighted by atomic mass is 10.5. The quantitative estimate of drug-likeness (QED) is 0.563. The minimum Gasteiger partial charge on any atom is -0.349 e. The number of aromatic amines is 1. The summed E-state index contributed by atoms with van der Waals surface area (Å²) in [6.07, 6.45) is -3.52. The van der Waals surface area contributed by atoms with E-state index in [-0.39, 0.29) is 0 Å². The molecule has 0 radical (unpaired) electrons. The van der Waals surface area contributed by atoms with E-state index in [2.05, 4.69) is 9.97 Å². The second kappa shape index (κ2) is 1.78. The zero-order valence-corrected chi connectivity index (χ0v) is 3.45. The molecule has 0 spiro atoms. The van der Waals surface area contributed by atoms with Crippen molar-refractivity contribution in [2.24, 2.45) is 0 Å². The van der Waals surface area contributed by atoms with Crippen LogP contribution in [0.15, 0.2) is 12.3 Å². The van der Waals surface area contributed by atoms with E-state index in [0.29, 0.717) is 0 Å². The monoisotopic (exact) mass is 103 g/mol. The molecule has 1 aromatic heterocycles. The average Bonchev–Trinajstić information content (AvgIpc) is 2.30. The predicted octanol–water partition coefficient (Wildman–Crippen LogP) is 0.972. The Balaban J connectivity index is 3.16. The van der Waals surface area contributed by atoms with Gasteiger partial charge in [-0.25, -0.2) is 4.98 Å². The third kappa shape index (κ3) is 0.796. The van der Waals surface area contributed by atoms with Crippen molar-refractivity contribution in [2.75, 3.05) is 0 Å². The minimum absolute atomic E-state index is 0.395. The van der Waals surface area contributed by atoms with Gasteiger partial charge in [0, 0.05) is 25.6 Å². The molecule has 0 amide bonds. The van der Waals surface area contributed by atoms with Gasteiger partial charge in [-0.05, 0) is 0 Å². The van der Waals surface area contributed by atoms with Crippen molar-refractivity contribution in [2.45, 2.75) is 13.2 Å². The van der Waals surface area contributed by atoms with Gasteiger partial charge in [-0.1, -0.05) is 6.85 Å². The van der Waals surface area contributed by atoms with Crippen LogP contribution in [0, 0.1) is 0 Å². The van der Waals surface area contributed by atoms with Crippen LogP contribution in [0.5, 0.6) is 0 Å². The summed E-state index contributed by atoms with van der Waals surface area (Å²) in [6.45, 7) is -2.87. The van der Waals surface area contributed by atoms with E-state index < -0.39 is 31.4 Å². The second-order valence-electron chi connectivity index (χ2n) is 0.947. The van der Waals surface area contributed by atoms with Crippen LogP contribution in [0.2, 0.25) is 0 Å². The third-order valence-corrected chi connectivity index (χ3v) is 0.523. The van der Waals surface area contributed by atoms with Gasteiger partial charge in [-0.3, -0.25) is 0 Å². The first-order valence-electron chi connectivity index (χ1n) is 5.20. The van der Waals surface area contributed by atoms with Crippen LogP contribution in [-0.4, -0.2) is 9.97 Å². The summed E-state index contributed by atoms with van der Waals surface area (Å²) in [7, 11) is 0. The fraction of sp³-hybridized carbons (Fsp3) is 0.400. The smallest absolute Gasteiger partial charge is 0.105 e. The lowest BCUT2D eigenvalue weighted by molar-refractivity contribution is 0.990. The maximum Gasteiger partial charge on any atom is 0.105 e. The first kappa shape index (κ1) is 0.966. The summed E-state index contributed by atoms with van der Waals surface area (Å²) in [4.78, 5) is 5.46. The lowest BCUT2D eigenvalue weighted by Gasteiger charge is -1.79. The Labute approximate surface area is 52.4 Å². The van der Waals surface area contributed by atoms with E-state index >= 15 is 0 Å². The molecule has 0 saturated carbocycles. The third-order valence-electron chi connectivity index (χ3n) is 0.523. The van der Waals surface area contributed by atoms with Crippen molar-refractivity contribution >= 4 is 0 Å². The molecule has 0 unspecified atom stereocenters. The van der Waals surface area contributed by atoms with Crippen LogP contribution < -0.4 is 0 Å². The number of aryl methyl sites for hydroxylation is 1. The molecule has 0 saturated heterocycles. The molecule has 1 aromatic rings. The Morgan fingerprint density at radius 3 is 4.00 bits per heavy atom. The van der Waals surface area contributed by atoms with Crippen LogP contribution in [0.4, 0.5) is 0 Å². The number of hydrogen-bond donors (Lipinski definition) is 1. The SMILES string of the molecule is [2H]c1nc(C([2H])([2H])C([2H])([2H])[2H])[nH]c1[2H]. The second-order valence-corrected chi connectivity index (χ2v) is 0.947. The summed E-state index contributed by atoms with van der Waals surface area (Å²) in [6, 6.07) is 0. The first-order chi connectivity index (χ1) is 6.16. The van der Waals surface area contributed by atoms with Gasteiger partial charge in [0.05, 0.1) is 2.74 Å². The molecule has 0 aliphatic heterocycles. The number of aromatic nitrogens is 2. The molecule has 7 heavy (non-hydrogen) atoms. The Bertz CT molecular complexity index is 319. The molecule has 1 heterocycles. The van der Waals surface area contributed by atoms with E-state index in [1.54, 1.807) is 0 Å². The number of nitrogens with one attached hydrogen (secondary N) is 1. The van der Waals surface area contributed by atoms with Gasteiger partial charge in [0.15, 0.2) is 0 Å². The number of hydrogen-bond acceptors (Lipinski definition) is 1. The Kier molecular flexibility index (Phi) is 0.245. The van der Waals surface area contributed by atoms with Gasteiger partial charge in [0.2, 0.25) is 0 Å². The van der Waals surface area contributed by atoms with E-state index in [9.17, 15) is 0 Å². The van der Waals surface area contributed by atoms with Crippen molar-refractivity contribution < 1.29 is 9.60 Å². The minimum atomic E-state index is -2.87. The number of imidazole rings is 1. The normalized spacial score (nSPS) is 27.7. The van der Waals surface area contributed by atoms with Crippen LogP contribution >= 0.6 is 0 Å². The number of nitrogens with zero attached hydrogens (tertiary/aromatic N) is 1. The highest BCUT2D eigenvalue weighted by Crippen LogP contribution is 1.85. The van der Waals surface area contributed by atoms with E-state index in [4.69, 9.17) is 9.60 Å². The predicted molar refractivity (Wildman–Crippen MR) is 28.0 cm³/mol. The highest BCUT2D eigenvalue weighted by atomic mass is 14.9. The molecule has 1 rings (SSSR count). The van der Waals surface area contributed by atoms with Gasteiger partial charge in [0.25, 0.3) is 0 Å². The number of H-pyrrole nitrogens is 1. The highest BCUT2D eigenvalue weighted by molar-refractivity contribution is 4.84. The first-order valence-corrected chi connectivity index (χ1v) is 1.70. The summed E-state index contributed by atoms with van der Waals surface area (Å²) >= 11 is 0. The maximum absolute atomic E-state index is 7.27. The topological polar surface area (TPSA) is 28.7 Å². The Morgan fingerprint density at radius 1 is 2.43 bits per heavy atom. The summed E-state index contributed by atoms with van der Waals surface area (Å²) in [5.41, 5.74) is 0. The van der Waals surface area contributed by atoms with Crippen molar-refractivity contribution in [3.05, 3.63) is 18.2 Å². The summed E-state index contributed by atoms with van der Waals surface area (Å²) < 4.78 is 49.4. The maximum atomic E-state index is 7.27. The molecule has 0 aliphatic rings. The van der Waals surface area contributed by atoms with Crippen LogP contribution in [0.1, 0.15) is 22.3 Å². The molecular formula is C5H8N2. The molecule has 0 atom stereocenters. The van der Waals surface area contributed by atoms with Crippen LogP contribution in [-0.2, 0) is 6.37 Å². The van der Waals surface area contributed by atoms with E-state index in [1.165, 1.54) is 0 Å². The molecule has 0 aromatic carbocycles. The Hall–Kier alpha value is -0.790. The van der Waals surface area contributed by atoms with Gasteiger partial charge >= 0.3 is 0 Å². The van der Waals surface area contributed by atoms with Crippen molar-refractivity contribution in [3.63, 3.8) is 0 Å². The number of rotatable bonds is 1. The van der Waals surface area contributed by atoms with Gasteiger partial charge in [-0.2, -0.15) is 0 Å². The summed E-state index contributed by atoms with van der Waals surface area (Å²) in [5, 5.41) is 0. The summed E-state index contributed by atoms with van der Waals surface area (Å²) in [5.74, 6) is -0.507. The molecule has 2 heteroatoms. The largest absolute Gasteiger partial charge is 0.349 e. The highest BCUT2D eigenvalue weighted by Gasteiger charge is 1.82. The Morgan fingerprint density at radius 2 is 3.43 bits per heavy atom. The fourth-order valence-corrected chi connectivity index (χ4v) is 0.258. The van der Waals surface area contributed by atoms with Crippen molar-refractivity contribution in [3.8, 4) is 0 Å². The van der Waals surface area contributed by atoms with E-state index in [1.807, 2.05) is 0 Å². The van der Waals surface area contributed by atoms with Gasteiger partial charge in [0.1, 0.15) is 5.82 Å². The van der Waals surface area contributed by atoms with E-state index in [0.717, 1.165) is 0 Å². The van der Waals surface area contributed by atoms with Crippen molar-refractivity contribution in [1.82, 2.24) is 9.97 Å². The lowest BCUT2D eigenvalue weighted by Crippen LogP contribution is -1.78. The zero-order valence-electron chi connectivity index (χ0n) is 10.4. The molecule has 1 N–H and O–H groups in total.